The molecule has 5 nitrogen and oxygen atoms in total. The Labute approximate surface area is 112 Å². The Morgan fingerprint density at radius 2 is 1.83 bits per heavy atom. The molecule has 108 valence electrons. The molecule has 0 atom stereocenters. The first-order valence-electron chi connectivity index (χ1n) is 6.94. The molecule has 0 aromatic rings. The molecule has 1 rings (SSSR count). The Morgan fingerprint density at radius 3 is 2.44 bits per heavy atom. The standard InChI is InChI=1S/C12H29N3O2Si/c1-16-18(3,17-2)12-4-5-13-6-9-15-10-7-14-8-11-15/h13-14H,4-12H2,1-3H3. The molecule has 0 amide bonds. The fraction of sp³-hybridized carbons (Fsp3) is 1.00. The molecule has 0 bridgehead atoms. The molecule has 0 aromatic carbocycles. The predicted octanol–water partition coefficient (Wildman–Crippen LogP) is 0.236. The van der Waals surface area contributed by atoms with Crippen LogP contribution in [-0.4, -0.2) is 73.5 Å². The van der Waals surface area contributed by atoms with E-state index in [4.69, 9.17) is 8.85 Å². The molecule has 1 aliphatic heterocycles. The van der Waals surface area contributed by atoms with Crippen LogP contribution < -0.4 is 10.6 Å². The van der Waals surface area contributed by atoms with Crippen LogP contribution in [0.15, 0.2) is 0 Å². The molecule has 6 heteroatoms. The van der Waals surface area contributed by atoms with E-state index in [1.54, 1.807) is 14.2 Å². The van der Waals surface area contributed by atoms with Crippen LogP contribution in [0.3, 0.4) is 0 Å². The lowest BCUT2D eigenvalue weighted by atomic mass is 10.3. The average molecular weight is 275 g/mol. The van der Waals surface area contributed by atoms with Crippen molar-refractivity contribution >= 4 is 8.56 Å². The summed E-state index contributed by atoms with van der Waals surface area (Å²) in [5.41, 5.74) is 0. The number of hydrogen-bond acceptors (Lipinski definition) is 5. The summed E-state index contributed by atoms with van der Waals surface area (Å²) in [6.45, 7) is 10.0. The van der Waals surface area contributed by atoms with Crippen molar-refractivity contribution in [2.24, 2.45) is 0 Å². The first kappa shape index (κ1) is 16.1. The van der Waals surface area contributed by atoms with Crippen molar-refractivity contribution in [3.8, 4) is 0 Å². The van der Waals surface area contributed by atoms with E-state index in [0.29, 0.717) is 0 Å². The fourth-order valence-corrected chi connectivity index (χ4v) is 3.51. The molecule has 0 spiro atoms. The minimum atomic E-state index is -1.85. The molecule has 0 unspecified atom stereocenters. The summed E-state index contributed by atoms with van der Waals surface area (Å²) in [6, 6.07) is 1.06. The van der Waals surface area contributed by atoms with Gasteiger partial charge in [-0.3, -0.25) is 4.90 Å². The quantitative estimate of drug-likeness (QED) is 0.466. The van der Waals surface area contributed by atoms with Crippen LogP contribution in [0, 0.1) is 0 Å². The van der Waals surface area contributed by atoms with Gasteiger partial charge in [-0.2, -0.15) is 0 Å². The van der Waals surface area contributed by atoms with Crippen molar-refractivity contribution in [1.82, 2.24) is 15.5 Å². The Bertz CT molecular complexity index is 209. The van der Waals surface area contributed by atoms with Gasteiger partial charge in [0.15, 0.2) is 0 Å². The van der Waals surface area contributed by atoms with Crippen LogP contribution in [0.25, 0.3) is 0 Å². The summed E-state index contributed by atoms with van der Waals surface area (Å²) in [4.78, 5) is 2.51. The van der Waals surface area contributed by atoms with E-state index in [1.807, 2.05) is 0 Å². The first-order valence-corrected chi connectivity index (χ1v) is 9.46. The van der Waals surface area contributed by atoms with Crippen LogP contribution in [0.1, 0.15) is 6.42 Å². The van der Waals surface area contributed by atoms with Gasteiger partial charge >= 0.3 is 8.56 Å². The van der Waals surface area contributed by atoms with Crippen molar-refractivity contribution in [3.63, 3.8) is 0 Å². The van der Waals surface area contributed by atoms with E-state index < -0.39 is 8.56 Å². The minimum Gasteiger partial charge on any atom is -0.398 e. The van der Waals surface area contributed by atoms with E-state index in [2.05, 4.69) is 22.1 Å². The van der Waals surface area contributed by atoms with Gasteiger partial charge in [-0.15, -0.1) is 0 Å². The monoisotopic (exact) mass is 275 g/mol. The highest BCUT2D eigenvalue weighted by Gasteiger charge is 2.27. The molecule has 1 fully saturated rings. The zero-order valence-electron chi connectivity index (χ0n) is 12.1. The maximum absolute atomic E-state index is 5.46. The Morgan fingerprint density at radius 1 is 1.17 bits per heavy atom. The molecule has 1 heterocycles. The van der Waals surface area contributed by atoms with E-state index in [0.717, 1.165) is 45.2 Å². The number of nitrogens with zero attached hydrogens (tertiary/aromatic N) is 1. The van der Waals surface area contributed by atoms with Crippen LogP contribution in [0.2, 0.25) is 12.6 Å². The maximum atomic E-state index is 5.46. The molecule has 2 N–H and O–H groups in total. The third kappa shape index (κ3) is 6.26. The van der Waals surface area contributed by atoms with Crippen molar-refractivity contribution in [2.45, 2.75) is 19.0 Å². The maximum Gasteiger partial charge on any atom is 0.334 e. The Hall–Kier alpha value is 0.0169. The van der Waals surface area contributed by atoms with Gasteiger partial charge in [-0.05, 0) is 25.6 Å². The Kier molecular flexibility index (Phi) is 8.04. The molecular weight excluding hydrogens is 246 g/mol. The highest BCUT2D eigenvalue weighted by Crippen LogP contribution is 2.12. The molecule has 18 heavy (non-hydrogen) atoms. The molecule has 0 aromatic heterocycles. The highest BCUT2D eigenvalue weighted by atomic mass is 28.4. The zero-order valence-corrected chi connectivity index (χ0v) is 13.1. The lowest BCUT2D eigenvalue weighted by Gasteiger charge is -2.27. The molecule has 1 aliphatic rings. The van der Waals surface area contributed by atoms with E-state index >= 15 is 0 Å². The third-order valence-corrected chi connectivity index (χ3v) is 6.65. The number of rotatable bonds is 9. The lowest BCUT2D eigenvalue weighted by molar-refractivity contribution is 0.239. The fourth-order valence-electron chi connectivity index (χ4n) is 2.12. The van der Waals surface area contributed by atoms with Gasteiger partial charge in [0, 0.05) is 53.5 Å². The largest absolute Gasteiger partial charge is 0.398 e. The molecule has 0 aliphatic carbocycles. The van der Waals surface area contributed by atoms with Gasteiger partial charge in [-0.1, -0.05) is 0 Å². The minimum absolute atomic E-state index is 1.06. The molecule has 1 saturated heterocycles. The van der Waals surface area contributed by atoms with E-state index in [9.17, 15) is 0 Å². The van der Waals surface area contributed by atoms with E-state index in [-0.39, 0.29) is 0 Å². The molecule has 0 saturated carbocycles. The molecule has 0 radical (unpaired) electrons. The average Bonchev–Trinajstić information content (AvgIpc) is 2.43. The van der Waals surface area contributed by atoms with Crippen molar-refractivity contribution in [3.05, 3.63) is 0 Å². The highest BCUT2D eigenvalue weighted by molar-refractivity contribution is 6.65. The normalized spacial score (nSPS) is 18.2. The van der Waals surface area contributed by atoms with Gasteiger partial charge in [0.2, 0.25) is 0 Å². The second kappa shape index (κ2) is 9.01. The van der Waals surface area contributed by atoms with Crippen molar-refractivity contribution in [1.29, 1.82) is 0 Å². The third-order valence-electron chi connectivity index (χ3n) is 3.66. The van der Waals surface area contributed by atoms with Crippen LogP contribution in [0.5, 0.6) is 0 Å². The summed E-state index contributed by atoms with van der Waals surface area (Å²) < 4.78 is 10.9. The summed E-state index contributed by atoms with van der Waals surface area (Å²) in [7, 11) is 1.67. The van der Waals surface area contributed by atoms with Crippen LogP contribution in [-0.2, 0) is 8.85 Å². The second-order valence-corrected chi connectivity index (χ2v) is 8.57. The number of piperazine rings is 1. The second-order valence-electron chi connectivity index (χ2n) is 4.99. The van der Waals surface area contributed by atoms with Gasteiger partial charge < -0.3 is 19.5 Å². The van der Waals surface area contributed by atoms with Gasteiger partial charge in [0.05, 0.1) is 0 Å². The smallest absolute Gasteiger partial charge is 0.334 e. The SMILES string of the molecule is CO[Si](C)(CCCNCCN1CCNCC1)OC. The van der Waals surface area contributed by atoms with Crippen LogP contribution >= 0.6 is 0 Å². The van der Waals surface area contributed by atoms with Gasteiger partial charge in [0.25, 0.3) is 0 Å². The summed E-state index contributed by atoms with van der Waals surface area (Å²) >= 11 is 0. The topological polar surface area (TPSA) is 45.8 Å². The van der Waals surface area contributed by atoms with Crippen molar-refractivity contribution < 1.29 is 8.85 Å². The van der Waals surface area contributed by atoms with Crippen LogP contribution in [0.4, 0.5) is 0 Å². The number of hydrogen-bond donors (Lipinski definition) is 2. The molecular formula is C12H29N3O2Si. The lowest BCUT2D eigenvalue weighted by Crippen LogP contribution is -2.45. The summed E-state index contributed by atoms with van der Waals surface area (Å²) in [5.74, 6) is 0. The van der Waals surface area contributed by atoms with Gasteiger partial charge in [-0.25, -0.2) is 0 Å². The predicted molar refractivity (Wildman–Crippen MR) is 77.2 cm³/mol. The Balaban J connectivity index is 1.95. The summed E-state index contributed by atoms with van der Waals surface area (Å²) in [5, 5.41) is 6.87. The van der Waals surface area contributed by atoms with Gasteiger partial charge in [0.1, 0.15) is 0 Å². The number of nitrogens with one attached hydrogen (secondary N) is 2. The van der Waals surface area contributed by atoms with Crippen molar-refractivity contribution in [2.75, 3.05) is 60.0 Å². The zero-order chi connectivity index (χ0) is 13.3. The first-order chi connectivity index (χ1) is 8.70. The summed E-state index contributed by atoms with van der Waals surface area (Å²) in [6.07, 6.45) is 1.13. The van der Waals surface area contributed by atoms with E-state index in [1.165, 1.54) is 13.1 Å².